The van der Waals surface area contributed by atoms with Crippen molar-refractivity contribution in [2.24, 2.45) is 7.05 Å². The number of anilines is 1. The quantitative estimate of drug-likeness (QED) is 0.617. The number of amides is 1. The largest absolute Gasteiger partial charge is 0.322 e. The molecule has 1 aromatic carbocycles. The molecule has 0 saturated heterocycles. The number of pyridine rings is 1. The van der Waals surface area contributed by atoms with E-state index in [9.17, 15) is 4.79 Å². The number of nitrogens with zero attached hydrogens (tertiary/aromatic N) is 4. The molecule has 1 N–H and O–H groups in total. The predicted octanol–water partition coefficient (Wildman–Crippen LogP) is 3.60. The van der Waals surface area contributed by atoms with Crippen LogP contribution in [0.25, 0.3) is 16.9 Å². The number of carbonyl (C=O) groups excluding carboxylic acids is 1. The maximum atomic E-state index is 12.6. The normalized spacial score (nSPS) is 11.0. The first-order chi connectivity index (χ1) is 12.5. The zero-order valence-electron chi connectivity index (χ0n) is 14.9. The number of carbonyl (C=O) groups is 1. The molecule has 0 spiro atoms. The van der Waals surface area contributed by atoms with Crippen LogP contribution in [0.15, 0.2) is 54.9 Å². The fraction of sp³-hybridized carbons (Fsp3) is 0.150. The highest BCUT2D eigenvalue weighted by Gasteiger charge is 2.17. The van der Waals surface area contributed by atoms with Crippen molar-refractivity contribution in [3.8, 4) is 11.3 Å². The van der Waals surface area contributed by atoms with Crippen molar-refractivity contribution in [3.05, 3.63) is 71.8 Å². The highest BCUT2D eigenvalue weighted by Crippen LogP contribution is 2.22. The van der Waals surface area contributed by atoms with Gasteiger partial charge in [0.25, 0.3) is 5.91 Å². The van der Waals surface area contributed by atoms with E-state index in [1.54, 1.807) is 4.68 Å². The van der Waals surface area contributed by atoms with Crippen LogP contribution in [0.5, 0.6) is 0 Å². The topological polar surface area (TPSA) is 64.2 Å². The lowest BCUT2D eigenvalue weighted by molar-refractivity contribution is 0.102. The molecule has 0 fully saturated rings. The first-order valence-corrected chi connectivity index (χ1v) is 8.38. The zero-order valence-corrected chi connectivity index (χ0v) is 14.9. The summed E-state index contributed by atoms with van der Waals surface area (Å²) < 4.78 is 3.70. The SMILES string of the molecule is Cc1nn(C)c(C)c1C(=O)Nc1ccc(-c2cn3ccccc3n2)cc1. The van der Waals surface area contributed by atoms with Gasteiger partial charge in [0.1, 0.15) is 5.65 Å². The number of imidazole rings is 1. The van der Waals surface area contributed by atoms with Crippen molar-refractivity contribution in [2.45, 2.75) is 13.8 Å². The van der Waals surface area contributed by atoms with Gasteiger partial charge in [0.2, 0.25) is 0 Å². The molecule has 0 radical (unpaired) electrons. The van der Waals surface area contributed by atoms with Crippen molar-refractivity contribution in [1.29, 1.82) is 0 Å². The Kier molecular flexibility index (Phi) is 3.80. The van der Waals surface area contributed by atoms with Gasteiger partial charge in [0, 0.05) is 36.4 Å². The number of aromatic nitrogens is 4. The average molecular weight is 345 g/mol. The summed E-state index contributed by atoms with van der Waals surface area (Å²) in [7, 11) is 1.84. The maximum absolute atomic E-state index is 12.6. The van der Waals surface area contributed by atoms with Gasteiger partial charge in [-0.2, -0.15) is 5.10 Å². The summed E-state index contributed by atoms with van der Waals surface area (Å²) in [6.07, 6.45) is 3.96. The van der Waals surface area contributed by atoms with Crippen LogP contribution in [0, 0.1) is 13.8 Å². The van der Waals surface area contributed by atoms with Gasteiger partial charge >= 0.3 is 0 Å². The second-order valence-electron chi connectivity index (χ2n) is 6.29. The first-order valence-electron chi connectivity index (χ1n) is 8.38. The molecule has 4 aromatic rings. The Labute approximate surface area is 151 Å². The van der Waals surface area contributed by atoms with Crippen LogP contribution < -0.4 is 5.32 Å². The van der Waals surface area contributed by atoms with Crippen LogP contribution in [0.4, 0.5) is 5.69 Å². The molecule has 1 amide bonds. The van der Waals surface area contributed by atoms with E-state index in [4.69, 9.17) is 0 Å². The maximum Gasteiger partial charge on any atom is 0.259 e. The number of nitrogens with one attached hydrogen (secondary N) is 1. The van der Waals surface area contributed by atoms with Gasteiger partial charge in [-0.25, -0.2) is 4.98 Å². The van der Waals surface area contributed by atoms with E-state index in [0.717, 1.165) is 34.0 Å². The van der Waals surface area contributed by atoms with E-state index in [0.29, 0.717) is 5.56 Å². The summed E-state index contributed by atoms with van der Waals surface area (Å²) in [5.41, 5.74) is 5.74. The summed E-state index contributed by atoms with van der Waals surface area (Å²) >= 11 is 0. The Hall–Kier alpha value is -3.41. The Morgan fingerprint density at radius 2 is 1.85 bits per heavy atom. The second-order valence-corrected chi connectivity index (χ2v) is 6.29. The highest BCUT2D eigenvalue weighted by molar-refractivity contribution is 6.05. The van der Waals surface area contributed by atoms with Gasteiger partial charge in [-0.1, -0.05) is 18.2 Å². The third-order valence-electron chi connectivity index (χ3n) is 4.54. The molecule has 0 atom stereocenters. The van der Waals surface area contributed by atoms with Gasteiger partial charge in [0.05, 0.1) is 17.0 Å². The minimum atomic E-state index is -0.145. The molecule has 0 aliphatic rings. The fourth-order valence-corrected chi connectivity index (χ4v) is 3.09. The Morgan fingerprint density at radius 3 is 2.50 bits per heavy atom. The minimum absolute atomic E-state index is 0.145. The Morgan fingerprint density at radius 1 is 1.08 bits per heavy atom. The first kappa shape index (κ1) is 16.1. The second kappa shape index (κ2) is 6.15. The molecule has 0 bridgehead atoms. The molecule has 3 aromatic heterocycles. The van der Waals surface area contributed by atoms with Crippen molar-refractivity contribution in [3.63, 3.8) is 0 Å². The average Bonchev–Trinajstić information content (AvgIpc) is 3.16. The molecule has 0 aliphatic carbocycles. The van der Waals surface area contributed by atoms with E-state index >= 15 is 0 Å². The number of hydrogen-bond acceptors (Lipinski definition) is 3. The molecule has 130 valence electrons. The third-order valence-corrected chi connectivity index (χ3v) is 4.54. The molecule has 3 heterocycles. The highest BCUT2D eigenvalue weighted by atomic mass is 16.1. The van der Waals surface area contributed by atoms with Gasteiger partial charge < -0.3 is 9.72 Å². The Bertz CT molecular complexity index is 1070. The van der Waals surface area contributed by atoms with E-state index in [1.165, 1.54) is 0 Å². The van der Waals surface area contributed by atoms with Gasteiger partial charge in [-0.15, -0.1) is 0 Å². The summed E-state index contributed by atoms with van der Waals surface area (Å²) in [6, 6.07) is 13.6. The molecule has 0 unspecified atom stereocenters. The predicted molar refractivity (Wildman–Crippen MR) is 101 cm³/mol. The molecule has 0 aliphatic heterocycles. The standard InChI is InChI=1S/C20H19N5O/c1-13-19(14(2)24(3)23-13)20(26)21-16-9-7-15(8-10-16)17-12-25-11-5-4-6-18(25)22-17/h4-12H,1-3H3,(H,21,26). The lowest BCUT2D eigenvalue weighted by Crippen LogP contribution is -2.14. The molecule has 26 heavy (non-hydrogen) atoms. The van der Waals surface area contributed by atoms with Crippen LogP contribution in [0.3, 0.4) is 0 Å². The van der Waals surface area contributed by atoms with E-state index in [1.807, 2.05) is 80.2 Å². The number of fused-ring (bicyclic) bond motifs is 1. The number of benzene rings is 1. The monoisotopic (exact) mass is 345 g/mol. The van der Waals surface area contributed by atoms with Crippen molar-refractivity contribution < 1.29 is 4.79 Å². The van der Waals surface area contributed by atoms with Gasteiger partial charge in [-0.3, -0.25) is 9.48 Å². The molecule has 6 heteroatoms. The molecular formula is C20H19N5O. The van der Waals surface area contributed by atoms with Crippen molar-refractivity contribution in [1.82, 2.24) is 19.2 Å². The number of rotatable bonds is 3. The molecule has 6 nitrogen and oxygen atoms in total. The van der Waals surface area contributed by atoms with Gasteiger partial charge in [-0.05, 0) is 38.1 Å². The van der Waals surface area contributed by atoms with Crippen molar-refractivity contribution in [2.75, 3.05) is 5.32 Å². The molecular weight excluding hydrogens is 326 g/mol. The van der Waals surface area contributed by atoms with E-state index < -0.39 is 0 Å². The Balaban J connectivity index is 1.57. The fourth-order valence-electron chi connectivity index (χ4n) is 3.09. The third kappa shape index (κ3) is 2.75. The lowest BCUT2D eigenvalue weighted by atomic mass is 10.1. The summed E-state index contributed by atoms with van der Waals surface area (Å²) in [4.78, 5) is 17.2. The number of aryl methyl sites for hydroxylation is 2. The van der Waals surface area contributed by atoms with E-state index in [-0.39, 0.29) is 5.91 Å². The van der Waals surface area contributed by atoms with Crippen molar-refractivity contribution >= 4 is 17.2 Å². The molecule has 0 saturated carbocycles. The molecule has 4 rings (SSSR count). The smallest absolute Gasteiger partial charge is 0.259 e. The lowest BCUT2D eigenvalue weighted by Gasteiger charge is -2.06. The summed E-state index contributed by atoms with van der Waals surface area (Å²) in [5, 5.41) is 7.23. The van der Waals surface area contributed by atoms with Crippen LogP contribution in [0.1, 0.15) is 21.7 Å². The summed E-state index contributed by atoms with van der Waals surface area (Å²) in [6.45, 7) is 3.73. The van der Waals surface area contributed by atoms with Crippen LogP contribution in [0.2, 0.25) is 0 Å². The van der Waals surface area contributed by atoms with Gasteiger partial charge in [0.15, 0.2) is 0 Å². The van der Waals surface area contributed by atoms with E-state index in [2.05, 4.69) is 15.4 Å². The minimum Gasteiger partial charge on any atom is -0.322 e. The summed E-state index contributed by atoms with van der Waals surface area (Å²) in [5.74, 6) is -0.145. The van der Waals surface area contributed by atoms with Crippen LogP contribution in [-0.4, -0.2) is 25.1 Å². The zero-order chi connectivity index (χ0) is 18.3. The van der Waals surface area contributed by atoms with Crippen LogP contribution in [-0.2, 0) is 7.05 Å². The number of hydrogen-bond donors (Lipinski definition) is 1. The van der Waals surface area contributed by atoms with Crippen LogP contribution >= 0.6 is 0 Å².